The largest absolute Gasteiger partial charge is 0.342 e. The first-order chi connectivity index (χ1) is 10.1. The van der Waals surface area contributed by atoms with Crippen LogP contribution in [0.3, 0.4) is 0 Å². The summed E-state index contributed by atoms with van der Waals surface area (Å²) in [6.07, 6.45) is 2.64. The standard InChI is InChI=1S/C16H22N2O2S/c1-4-13-16(20)18(10-11(2)21-3)14(15(19)17-13)12-8-6-5-7-9-12/h5-9,11,13-14H,4,10H2,1-3H3,(H,17,19). The molecule has 1 N–H and O–H groups in total. The maximum Gasteiger partial charge on any atom is 0.248 e. The lowest BCUT2D eigenvalue weighted by Crippen LogP contribution is -2.60. The highest BCUT2D eigenvalue weighted by Gasteiger charge is 2.40. The van der Waals surface area contributed by atoms with Crippen LogP contribution in [-0.4, -0.2) is 40.8 Å². The number of carbonyl (C=O) groups is 2. The summed E-state index contributed by atoms with van der Waals surface area (Å²) in [7, 11) is 0. The van der Waals surface area contributed by atoms with Crippen molar-refractivity contribution < 1.29 is 9.59 Å². The molecule has 3 unspecified atom stereocenters. The Bertz CT molecular complexity index is 506. The van der Waals surface area contributed by atoms with Crippen LogP contribution in [0.5, 0.6) is 0 Å². The fourth-order valence-corrected chi connectivity index (χ4v) is 2.88. The Morgan fingerprint density at radius 1 is 1.29 bits per heavy atom. The minimum absolute atomic E-state index is 0.0202. The Morgan fingerprint density at radius 3 is 2.52 bits per heavy atom. The second-order valence-electron chi connectivity index (χ2n) is 5.32. The van der Waals surface area contributed by atoms with Crippen molar-refractivity contribution in [2.75, 3.05) is 12.8 Å². The Labute approximate surface area is 130 Å². The lowest BCUT2D eigenvalue weighted by Gasteiger charge is -2.40. The van der Waals surface area contributed by atoms with Gasteiger partial charge in [-0.3, -0.25) is 9.59 Å². The summed E-state index contributed by atoms with van der Waals surface area (Å²) in [5.41, 5.74) is 0.867. The topological polar surface area (TPSA) is 49.4 Å². The smallest absolute Gasteiger partial charge is 0.248 e. The molecule has 114 valence electrons. The van der Waals surface area contributed by atoms with Crippen LogP contribution >= 0.6 is 11.8 Å². The van der Waals surface area contributed by atoms with Crippen LogP contribution in [0.1, 0.15) is 31.9 Å². The van der Waals surface area contributed by atoms with E-state index in [0.29, 0.717) is 18.2 Å². The van der Waals surface area contributed by atoms with E-state index >= 15 is 0 Å². The first-order valence-electron chi connectivity index (χ1n) is 7.27. The average molecular weight is 306 g/mol. The lowest BCUT2D eigenvalue weighted by molar-refractivity contribution is -0.149. The van der Waals surface area contributed by atoms with Gasteiger partial charge in [0.15, 0.2) is 0 Å². The fourth-order valence-electron chi connectivity index (χ4n) is 2.57. The zero-order valence-corrected chi connectivity index (χ0v) is 13.5. The zero-order valence-electron chi connectivity index (χ0n) is 12.7. The number of piperazine rings is 1. The number of nitrogens with zero attached hydrogens (tertiary/aromatic N) is 1. The van der Waals surface area contributed by atoms with Gasteiger partial charge in [-0.05, 0) is 18.2 Å². The fraction of sp³-hybridized carbons (Fsp3) is 0.500. The van der Waals surface area contributed by atoms with Crippen molar-refractivity contribution in [1.29, 1.82) is 0 Å². The molecule has 0 saturated carbocycles. The number of thioether (sulfide) groups is 1. The molecule has 1 aromatic carbocycles. The van der Waals surface area contributed by atoms with Gasteiger partial charge in [-0.2, -0.15) is 11.8 Å². The van der Waals surface area contributed by atoms with Gasteiger partial charge in [0.1, 0.15) is 12.1 Å². The first kappa shape index (κ1) is 15.9. The summed E-state index contributed by atoms with van der Waals surface area (Å²) < 4.78 is 0. The third-order valence-electron chi connectivity index (χ3n) is 3.84. The second kappa shape index (κ2) is 6.98. The Morgan fingerprint density at radius 2 is 1.95 bits per heavy atom. The van der Waals surface area contributed by atoms with Gasteiger partial charge in [-0.25, -0.2) is 0 Å². The number of rotatable bonds is 5. The molecule has 0 bridgehead atoms. The molecule has 1 aliphatic rings. The van der Waals surface area contributed by atoms with E-state index in [-0.39, 0.29) is 11.8 Å². The summed E-state index contributed by atoms with van der Waals surface area (Å²) >= 11 is 1.70. The molecule has 2 amide bonds. The predicted octanol–water partition coefficient (Wildman–Crippen LogP) is 2.22. The zero-order chi connectivity index (χ0) is 15.4. The Hall–Kier alpha value is -1.49. The highest BCUT2D eigenvalue weighted by molar-refractivity contribution is 7.99. The van der Waals surface area contributed by atoms with E-state index in [4.69, 9.17) is 0 Å². The van der Waals surface area contributed by atoms with Crippen molar-refractivity contribution in [2.45, 2.75) is 37.6 Å². The molecule has 21 heavy (non-hydrogen) atoms. The van der Waals surface area contributed by atoms with Crippen LogP contribution in [-0.2, 0) is 9.59 Å². The van der Waals surface area contributed by atoms with Gasteiger partial charge in [0.05, 0.1) is 0 Å². The minimum atomic E-state index is -0.518. The third kappa shape index (κ3) is 3.40. The van der Waals surface area contributed by atoms with E-state index in [2.05, 4.69) is 12.2 Å². The minimum Gasteiger partial charge on any atom is -0.342 e. The quantitative estimate of drug-likeness (QED) is 0.907. The molecule has 1 saturated heterocycles. The lowest BCUT2D eigenvalue weighted by atomic mass is 9.98. The molecule has 0 spiro atoms. The Kier molecular flexibility index (Phi) is 5.28. The molecule has 1 aromatic rings. The van der Waals surface area contributed by atoms with Crippen molar-refractivity contribution in [2.24, 2.45) is 0 Å². The van der Waals surface area contributed by atoms with Gasteiger partial charge in [0, 0.05) is 11.8 Å². The molecule has 5 heteroatoms. The van der Waals surface area contributed by atoms with Crippen LogP contribution in [0, 0.1) is 0 Å². The molecular weight excluding hydrogens is 284 g/mol. The van der Waals surface area contributed by atoms with Crippen molar-refractivity contribution in [1.82, 2.24) is 10.2 Å². The highest BCUT2D eigenvalue weighted by atomic mass is 32.2. The molecule has 0 aliphatic carbocycles. The van der Waals surface area contributed by atoms with Gasteiger partial charge in [-0.15, -0.1) is 0 Å². The number of hydrogen-bond acceptors (Lipinski definition) is 3. The number of benzene rings is 1. The third-order valence-corrected chi connectivity index (χ3v) is 4.79. The summed E-state index contributed by atoms with van der Waals surface area (Å²) in [6, 6.07) is 8.60. The molecule has 4 nitrogen and oxygen atoms in total. The monoisotopic (exact) mass is 306 g/mol. The van der Waals surface area contributed by atoms with Crippen molar-refractivity contribution in [3.63, 3.8) is 0 Å². The van der Waals surface area contributed by atoms with Crippen molar-refractivity contribution in [3.8, 4) is 0 Å². The molecule has 2 rings (SSSR count). The maximum absolute atomic E-state index is 12.6. The van der Waals surface area contributed by atoms with Crippen LogP contribution in [0.15, 0.2) is 30.3 Å². The number of nitrogens with one attached hydrogen (secondary N) is 1. The van der Waals surface area contributed by atoms with Gasteiger partial charge < -0.3 is 10.2 Å². The number of carbonyl (C=O) groups excluding carboxylic acids is 2. The van der Waals surface area contributed by atoms with Crippen LogP contribution in [0.2, 0.25) is 0 Å². The van der Waals surface area contributed by atoms with E-state index < -0.39 is 12.1 Å². The van der Waals surface area contributed by atoms with E-state index in [1.165, 1.54) is 0 Å². The predicted molar refractivity (Wildman–Crippen MR) is 86.1 cm³/mol. The molecular formula is C16H22N2O2S. The van der Waals surface area contributed by atoms with Gasteiger partial charge >= 0.3 is 0 Å². The average Bonchev–Trinajstić information content (AvgIpc) is 2.51. The normalized spacial score (nSPS) is 23.9. The summed E-state index contributed by atoms with van der Waals surface area (Å²) in [5.74, 6) is -0.0622. The highest BCUT2D eigenvalue weighted by Crippen LogP contribution is 2.27. The maximum atomic E-state index is 12.6. The molecule has 0 radical (unpaired) electrons. The molecule has 0 aromatic heterocycles. The number of hydrogen-bond donors (Lipinski definition) is 1. The first-order valence-corrected chi connectivity index (χ1v) is 8.55. The van der Waals surface area contributed by atoms with Gasteiger partial charge in [0.2, 0.25) is 11.8 Å². The van der Waals surface area contributed by atoms with E-state index in [1.807, 2.05) is 43.5 Å². The van der Waals surface area contributed by atoms with Gasteiger partial charge in [0.25, 0.3) is 0 Å². The molecule has 1 fully saturated rings. The van der Waals surface area contributed by atoms with Crippen LogP contribution in [0.25, 0.3) is 0 Å². The molecule has 3 atom stereocenters. The SMILES string of the molecule is CCC1NC(=O)C(c2ccccc2)N(CC(C)SC)C1=O. The molecule has 1 aliphatic heterocycles. The van der Waals surface area contributed by atoms with Crippen LogP contribution < -0.4 is 5.32 Å². The Balaban J connectivity index is 2.34. The molecule has 1 heterocycles. The van der Waals surface area contributed by atoms with Crippen molar-refractivity contribution >= 4 is 23.6 Å². The summed E-state index contributed by atoms with van der Waals surface area (Å²) in [5, 5.41) is 3.14. The van der Waals surface area contributed by atoms with E-state index in [9.17, 15) is 9.59 Å². The van der Waals surface area contributed by atoms with Gasteiger partial charge in [-0.1, -0.05) is 44.2 Å². The number of amides is 2. The van der Waals surface area contributed by atoms with Crippen LogP contribution in [0.4, 0.5) is 0 Å². The van der Waals surface area contributed by atoms with E-state index in [1.54, 1.807) is 16.7 Å². The van der Waals surface area contributed by atoms with Crippen molar-refractivity contribution in [3.05, 3.63) is 35.9 Å². The summed E-state index contributed by atoms with van der Waals surface area (Å²) in [4.78, 5) is 26.9. The second-order valence-corrected chi connectivity index (χ2v) is 6.60. The van der Waals surface area contributed by atoms with E-state index in [0.717, 1.165) is 5.56 Å². The summed E-state index contributed by atoms with van der Waals surface area (Å²) in [6.45, 7) is 4.58.